The second-order valence-electron chi connectivity index (χ2n) is 4.83. The molecule has 0 saturated carbocycles. The Balaban J connectivity index is 2.13. The molecular weight excluding hydrogens is 262 g/mol. The predicted molar refractivity (Wildman–Crippen MR) is 74.0 cm³/mol. The zero-order valence-electron chi connectivity index (χ0n) is 12.2. The van der Waals surface area contributed by atoms with Gasteiger partial charge >= 0.3 is 6.03 Å². The van der Waals surface area contributed by atoms with Gasteiger partial charge in [0.2, 0.25) is 0 Å². The molecule has 3 amide bonds. The highest BCUT2D eigenvalue weighted by molar-refractivity contribution is 5.83. The summed E-state index contributed by atoms with van der Waals surface area (Å²) < 4.78 is 11.0. The lowest BCUT2D eigenvalue weighted by molar-refractivity contribution is -0.136. The Kier molecular flexibility index (Phi) is 7.98. The number of hydrogen-bond acceptors (Lipinski definition) is 4. The molecule has 1 aliphatic heterocycles. The molecule has 0 bridgehead atoms. The number of hydrazine groups is 1. The third-order valence-electron chi connectivity index (χ3n) is 3.01. The second kappa shape index (κ2) is 9.55. The van der Waals surface area contributed by atoms with Crippen LogP contribution < -0.4 is 16.2 Å². The lowest BCUT2D eigenvalue weighted by Crippen LogP contribution is -2.50. The number of rotatable bonds is 6. The molecule has 2 atom stereocenters. The van der Waals surface area contributed by atoms with E-state index in [2.05, 4.69) is 16.2 Å². The summed E-state index contributed by atoms with van der Waals surface area (Å²) in [6.45, 7) is 5.31. The van der Waals surface area contributed by atoms with Crippen LogP contribution in [-0.4, -0.2) is 43.9 Å². The predicted octanol–water partition coefficient (Wildman–Crippen LogP) is 0.701. The highest BCUT2D eigenvalue weighted by Crippen LogP contribution is 2.13. The van der Waals surface area contributed by atoms with Gasteiger partial charge in [-0.1, -0.05) is 6.92 Å². The van der Waals surface area contributed by atoms with Gasteiger partial charge < -0.3 is 14.8 Å². The second-order valence-corrected chi connectivity index (χ2v) is 4.83. The molecule has 20 heavy (non-hydrogen) atoms. The minimum Gasteiger partial charge on any atom is -0.376 e. The van der Waals surface area contributed by atoms with Crippen LogP contribution in [0, 0.1) is 0 Å². The van der Waals surface area contributed by atoms with Crippen LogP contribution in [-0.2, 0) is 14.3 Å². The molecule has 0 aromatic carbocycles. The summed E-state index contributed by atoms with van der Waals surface area (Å²) in [7, 11) is 0. The molecule has 1 aliphatic rings. The van der Waals surface area contributed by atoms with Crippen LogP contribution in [0.1, 0.15) is 39.5 Å². The molecule has 1 saturated heterocycles. The van der Waals surface area contributed by atoms with E-state index in [0.29, 0.717) is 13.2 Å². The van der Waals surface area contributed by atoms with Crippen molar-refractivity contribution in [3.8, 4) is 0 Å². The van der Waals surface area contributed by atoms with E-state index in [9.17, 15) is 9.59 Å². The monoisotopic (exact) mass is 287 g/mol. The Bertz CT molecular complexity index is 306. The van der Waals surface area contributed by atoms with Crippen molar-refractivity contribution in [2.24, 2.45) is 0 Å². The first-order valence-electron chi connectivity index (χ1n) is 7.20. The SMILES string of the molecule is CCCNC(=O)NNC(=O)C(C)OCC1CCCCO1. The van der Waals surface area contributed by atoms with Crippen molar-refractivity contribution in [1.29, 1.82) is 0 Å². The van der Waals surface area contributed by atoms with Crippen molar-refractivity contribution in [1.82, 2.24) is 16.2 Å². The van der Waals surface area contributed by atoms with E-state index in [1.54, 1.807) is 6.92 Å². The first kappa shape index (κ1) is 16.7. The molecule has 0 aromatic heterocycles. The fourth-order valence-corrected chi connectivity index (χ4v) is 1.77. The minimum atomic E-state index is -0.632. The van der Waals surface area contributed by atoms with E-state index in [1.165, 1.54) is 0 Å². The first-order chi connectivity index (χ1) is 9.63. The Hall–Kier alpha value is -1.34. The van der Waals surface area contributed by atoms with Crippen molar-refractivity contribution in [2.75, 3.05) is 19.8 Å². The van der Waals surface area contributed by atoms with Crippen LogP contribution in [0.5, 0.6) is 0 Å². The number of urea groups is 1. The molecule has 1 heterocycles. The fourth-order valence-electron chi connectivity index (χ4n) is 1.77. The standard InChI is InChI=1S/C13H25N3O4/c1-3-7-14-13(18)16-15-12(17)10(2)20-9-11-6-4-5-8-19-11/h10-11H,3-9H2,1-2H3,(H,15,17)(H2,14,16,18). The third-order valence-corrected chi connectivity index (χ3v) is 3.01. The van der Waals surface area contributed by atoms with Crippen LogP contribution in [0.3, 0.4) is 0 Å². The van der Waals surface area contributed by atoms with Crippen LogP contribution in [0.25, 0.3) is 0 Å². The number of amides is 3. The largest absolute Gasteiger partial charge is 0.376 e. The maximum atomic E-state index is 11.7. The highest BCUT2D eigenvalue weighted by Gasteiger charge is 2.19. The Morgan fingerprint density at radius 2 is 2.15 bits per heavy atom. The third kappa shape index (κ3) is 6.72. The summed E-state index contributed by atoms with van der Waals surface area (Å²) in [5.41, 5.74) is 4.59. The summed E-state index contributed by atoms with van der Waals surface area (Å²) in [5, 5.41) is 2.58. The van der Waals surface area contributed by atoms with Gasteiger partial charge in [0.05, 0.1) is 12.7 Å². The van der Waals surface area contributed by atoms with Crippen molar-refractivity contribution in [3.05, 3.63) is 0 Å². The van der Waals surface area contributed by atoms with Gasteiger partial charge in [0.25, 0.3) is 5.91 Å². The minimum absolute atomic E-state index is 0.0693. The number of carbonyl (C=O) groups is 2. The topological polar surface area (TPSA) is 88.7 Å². The summed E-state index contributed by atoms with van der Waals surface area (Å²) in [4.78, 5) is 22.9. The molecule has 116 valence electrons. The van der Waals surface area contributed by atoms with Gasteiger partial charge in [-0.3, -0.25) is 10.2 Å². The maximum absolute atomic E-state index is 11.7. The number of nitrogens with one attached hydrogen (secondary N) is 3. The summed E-state index contributed by atoms with van der Waals surface area (Å²) in [6.07, 6.45) is 3.46. The molecule has 2 unspecified atom stereocenters. The van der Waals surface area contributed by atoms with Gasteiger partial charge in [-0.15, -0.1) is 0 Å². The quantitative estimate of drug-likeness (QED) is 0.627. The fraction of sp³-hybridized carbons (Fsp3) is 0.846. The maximum Gasteiger partial charge on any atom is 0.333 e. The zero-order chi connectivity index (χ0) is 14.8. The van der Waals surface area contributed by atoms with Gasteiger partial charge in [-0.05, 0) is 32.6 Å². The summed E-state index contributed by atoms with van der Waals surface area (Å²) >= 11 is 0. The van der Waals surface area contributed by atoms with E-state index in [0.717, 1.165) is 32.3 Å². The molecule has 1 rings (SSSR count). The Morgan fingerprint density at radius 1 is 1.35 bits per heavy atom. The molecule has 7 heteroatoms. The Morgan fingerprint density at radius 3 is 2.80 bits per heavy atom. The number of hydrogen-bond donors (Lipinski definition) is 3. The lowest BCUT2D eigenvalue weighted by atomic mass is 10.1. The van der Waals surface area contributed by atoms with Gasteiger partial charge in [-0.2, -0.15) is 0 Å². The van der Waals surface area contributed by atoms with Crippen molar-refractivity contribution in [3.63, 3.8) is 0 Å². The number of carbonyl (C=O) groups excluding carboxylic acids is 2. The first-order valence-corrected chi connectivity index (χ1v) is 7.20. The van der Waals surface area contributed by atoms with E-state index in [4.69, 9.17) is 9.47 Å². The Labute approximate surface area is 119 Å². The number of ether oxygens (including phenoxy) is 2. The van der Waals surface area contributed by atoms with Crippen molar-refractivity contribution in [2.45, 2.75) is 51.7 Å². The molecule has 3 N–H and O–H groups in total. The van der Waals surface area contributed by atoms with Crippen LogP contribution in [0.15, 0.2) is 0 Å². The molecule has 0 radical (unpaired) electrons. The normalized spacial score (nSPS) is 20.0. The van der Waals surface area contributed by atoms with Crippen LogP contribution in [0.4, 0.5) is 4.79 Å². The van der Waals surface area contributed by atoms with Crippen molar-refractivity contribution >= 4 is 11.9 Å². The average Bonchev–Trinajstić information content (AvgIpc) is 2.49. The van der Waals surface area contributed by atoms with E-state index in [-0.39, 0.29) is 12.0 Å². The van der Waals surface area contributed by atoms with Crippen molar-refractivity contribution < 1.29 is 19.1 Å². The van der Waals surface area contributed by atoms with E-state index >= 15 is 0 Å². The van der Waals surface area contributed by atoms with Crippen LogP contribution in [0.2, 0.25) is 0 Å². The molecule has 0 aliphatic carbocycles. The molecule has 1 fully saturated rings. The van der Waals surface area contributed by atoms with Gasteiger partial charge in [0.15, 0.2) is 0 Å². The summed E-state index contributed by atoms with van der Waals surface area (Å²) in [6, 6.07) is -0.428. The highest BCUT2D eigenvalue weighted by atomic mass is 16.5. The smallest absolute Gasteiger partial charge is 0.333 e. The van der Waals surface area contributed by atoms with Gasteiger partial charge in [-0.25, -0.2) is 10.2 Å². The molecule has 7 nitrogen and oxygen atoms in total. The van der Waals surface area contributed by atoms with E-state index in [1.807, 2.05) is 6.92 Å². The van der Waals surface area contributed by atoms with Gasteiger partial charge in [0.1, 0.15) is 6.10 Å². The van der Waals surface area contributed by atoms with Crippen LogP contribution >= 0.6 is 0 Å². The van der Waals surface area contributed by atoms with E-state index < -0.39 is 12.1 Å². The molecular formula is C13H25N3O4. The average molecular weight is 287 g/mol. The van der Waals surface area contributed by atoms with Gasteiger partial charge in [0, 0.05) is 13.2 Å². The lowest BCUT2D eigenvalue weighted by Gasteiger charge is -2.23. The molecule has 0 spiro atoms. The zero-order valence-corrected chi connectivity index (χ0v) is 12.2. The summed E-state index contributed by atoms with van der Waals surface area (Å²) in [5.74, 6) is -0.382. The molecule has 0 aromatic rings.